The molecule has 2 aromatic rings. The maximum atomic E-state index is 12.9. The van der Waals surface area contributed by atoms with Gasteiger partial charge in [-0.2, -0.15) is 0 Å². The van der Waals surface area contributed by atoms with Gasteiger partial charge in [0.2, 0.25) is 5.91 Å². The number of carbonyl (C=O) groups is 1. The van der Waals surface area contributed by atoms with Crippen LogP contribution in [0.3, 0.4) is 0 Å². The van der Waals surface area contributed by atoms with Gasteiger partial charge in [0.25, 0.3) is 0 Å². The van der Waals surface area contributed by atoms with E-state index in [2.05, 4.69) is 0 Å². The van der Waals surface area contributed by atoms with Gasteiger partial charge in [-0.3, -0.25) is 4.79 Å². The Morgan fingerprint density at radius 1 is 1.15 bits per heavy atom. The Morgan fingerprint density at radius 3 is 2.58 bits per heavy atom. The molecule has 140 valence electrons. The first-order valence-electron chi connectivity index (χ1n) is 8.37. The molecule has 1 amide bonds. The highest BCUT2D eigenvalue weighted by molar-refractivity contribution is 6.42. The molecule has 0 aromatic heterocycles. The third-order valence-electron chi connectivity index (χ3n) is 4.22. The van der Waals surface area contributed by atoms with Crippen molar-refractivity contribution in [3.8, 4) is 5.75 Å². The van der Waals surface area contributed by atoms with Gasteiger partial charge in [0.1, 0.15) is 5.75 Å². The monoisotopic (exact) mass is 395 g/mol. The van der Waals surface area contributed by atoms with Gasteiger partial charge in [0.15, 0.2) is 0 Å². The van der Waals surface area contributed by atoms with Crippen molar-refractivity contribution in [2.24, 2.45) is 5.92 Å². The lowest BCUT2D eigenvalue weighted by Crippen LogP contribution is -2.34. The molecule has 1 N–H and O–H groups in total. The minimum atomic E-state index is -0.326. The van der Waals surface area contributed by atoms with Gasteiger partial charge >= 0.3 is 0 Å². The molecule has 0 radical (unpaired) electrons. The number of aliphatic hydroxyl groups is 1. The summed E-state index contributed by atoms with van der Waals surface area (Å²) in [4.78, 5) is 14.5. The highest BCUT2D eigenvalue weighted by atomic mass is 35.5. The predicted octanol–water partition coefficient (Wildman–Crippen LogP) is 4.20. The molecule has 0 aliphatic rings. The quantitative estimate of drug-likeness (QED) is 0.728. The van der Waals surface area contributed by atoms with Crippen molar-refractivity contribution in [1.82, 2.24) is 4.90 Å². The molecule has 0 aliphatic heterocycles. The number of aliphatic hydroxyl groups excluding tert-OH is 1. The van der Waals surface area contributed by atoms with Gasteiger partial charge in [-0.1, -0.05) is 41.4 Å². The van der Waals surface area contributed by atoms with E-state index in [1.807, 2.05) is 30.3 Å². The van der Waals surface area contributed by atoms with Crippen LogP contribution in [-0.4, -0.2) is 36.7 Å². The predicted molar refractivity (Wildman–Crippen MR) is 105 cm³/mol. The average molecular weight is 396 g/mol. The highest BCUT2D eigenvalue weighted by Gasteiger charge is 2.22. The Morgan fingerprint density at radius 2 is 1.92 bits per heavy atom. The third kappa shape index (κ3) is 5.63. The second-order valence-corrected chi connectivity index (χ2v) is 7.02. The highest BCUT2D eigenvalue weighted by Crippen LogP contribution is 2.25. The number of hydrogen-bond acceptors (Lipinski definition) is 3. The zero-order valence-corrected chi connectivity index (χ0v) is 16.4. The fourth-order valence-corrected chi connectivity index (χ4v) is 3.17. The molecular weight excluding hydrogens is 373 g/mol. The number of carbonyl (C=O) groups excluding carboxylic acids is 1. The first kappa shape index (κ1) is 20.6. The van der Waals surface area contributed by atoms with E-state index in [4.69, 9.17) is 27.9 Å². The van der Waals surface area contributed by atoms with Crippen LogP contribution in [0.5, 0.6) is 5.75 Å². The van der Waals surface area contributed by atoms with Crippen LogP contribution in [0.25, 0.3) is 0 Å². The molecule has 0 aliphatic carbocycles. The van der Waals surface area contributed by atoms with Crippen molar-refractivity contribution in [2.45, 2.75) is 19.4 Å². The van der Waals surface area contributed by atoms with Crippen molar-refractivity contribution in [1.29, 1.82) is 0 Å². The van der Waals surface area contributed by atoms with E-state index >= 15 is 0 Å². The van der Waals surface area contributed by atoms with E-state index in [1.54, 1.807) is 31.2 Å². The lowest BCUT2D eigenvalue weighted by molar-refractivity contribution is -0.135. The fraction of sp³-hybridized carbons (Fsp3) is 0.350. The van der Waals surface area contributed by atoms with Crippen LogP contribution < -0.4 is 4.74 Å². The number of hydrogen-bond donors (Lipinski definition) is 1. The second kappa shape index (κ2) is 9.81. The van der Waals surface area contributed by atoms with Crippen LogP contribution in [0.2, 0.25) is 10.0 Å². The maximum Gasteiger partial charge on any atom is 0.226 e. The Balaban J connectivity index is 2.09. The van der Waals surface area contributed by atoms with Gasteiger partial charge in [0, 0.05) is 26.1 Å². The van der Waals surface area contributed by atoms with Gasteiger partial charge < -0.3 is 14.7 Å². The topological polar surface area (TPSA) is 49.8 Å². The summed E-state index contributed by atoms with van der Waals surface area (Å²) in [5.41, 5.74) is 1.90. The Hall–Kier alpha value is -1.75. The molecule has 0 saturated carbocycles. The number of amides is 1. The summed E-state index contributed by atoms with van der Waals surface area (Å²) in [6.07, 6.45) is 0.889. The number of methoxy groups -OCH3 is 1. The molecule has 2 rings (SSSR count). The molecule has 1 unspecified atom stereocenters. The first-order valence-corrected chi connectivity index (χ1v) is 9.13. The molecule has 2 aromatic carbocycles. The summed E-state index contributed by atoms with van der Waals surface area (Å²) in [5, 5.41) is 10.3. The fourth-order valence-electron chi connectivity index (χ4n) is 2.85. The number of nitrogens with zero attached hydrogens (tertiary/aromatic N) is 1. The minimum absolute atomic E-state index is 0.0204. The smallest absolute Gasteiger partial charge is 0.226 e. The van der Waals surface area contributed by atoms with Crippen LogP contribution >= 0.6 is 23.2 Å². The van der Waals surface area contributed by atoms with E-state index < -0.39 is 0 Å². The van der Waals surface area contributed by atoms with Crippen LogP contribution in [0.15, 0.2) is 42.5 Å². The largest absolute Gasteiger partial charge is 0.497 e. The van der Waals surface area contributed by atoms with Gasteiger partial charge in [-0.25, -0.2) is 0 Å². The molecule has 1 atom stereocenters. The molecule has 4 nitrogen and oxygen atoms in total. The van der Waals surface area contributed by atoms with Crippen molar-refractivity contribution in [3.05, 3.63) is 63.6 Å². The van der Waals surface area contributed by atoms with Crippen LogP contribution in [0.4, 0.5) is 0 Å². The van der Waals surface area contributed by atoms with Crippen molar-refractivity contribution in [3.63, 3.8) is 0 Å². The normalized spacial score (nSPS) is 11.9. The third-order valence-corrected chi connectivity index (χ3v) is 4.96. The van der Waals surface area contributed by atoms with Crippen LogP contribution in [0, 0.1) is 5.92 Å². The number of ether oxygens (including phenoxy) is 1. The first-order chi connectivity index (χ1) is 12.4. The Kier molecular flexibility index (Phi) is 7.76. The summed E-state index contributed by atoms with van der Waals surface area (Å²) in [5.74, 6) is 0.409. The Bertz CT molecular complexity index is 752. The minimum Gasteiger partial charge on any atom is -0.497 e. The molecule has 0 spiro atoms. The van der Waals surface area contributed by atoms with Crippen LogP contribution in [-0.2, 0) is 17.8 Å². The molecular formula is C20H23Cl2NO3. The van der Waals surface area contributed by atoms with E-state index in [0.29, 0.717) is 29.4 Å². The lowest BCUT2D eigenvalue weighted by atomic mass is 9.95. The Labute approximate surface area is 164 Å². The van der Waals surface area contributed by atoms with Crippen molar-refractivity contribution >= 4 is 29.1 Å². The molecule has 0 fully saturated rings. The molecule has 26 heavy (non-hydrogen) atoms. The van der Waals surface area contributed by atoms with Crippen LogP contribution in [0.1, 0.15) is 17.5 Å². The zero-order valence-electron chi connectivity index (χ0n) is 14.9. The van der Waals surface area contributed by atoms with Gasteiger partial charge in [-0.15, -0.1) is 0 Å². The van der Waals surface area contributed by atoms with E-state index in [0.717, 1.165) is 16.9 Å². The number of rotatable bonds is 8. The standard InChI is InChI=1S/C20H23Cl2NO3/c1-23(13-15-4-3-5-17(11-15)26-2)20(25)16(8-9-24)10-14-6-7-18(21)19(22)12-14/h3-7,11-12,16,24H,8-10,13H2,1-2H3. The van der Waals surface area contributed by atoms with Gasteiger partial charge in [0.05, 0.1) is 17.2 Å². The van der Waals surface area contributed by atoms with Gasteiger partial charge in [-0.05, 0) is 48.2 Å². The number of halogens is 2. The number of benzene rings is 2. The van der Waals surface area contributed by atoms with E-state index in [1.165, 1.54) is 0 Å². The summed E-state index contributed by atoms with van der Waals surface area (Å²) in [6.45, 7) is 0.421. The zero-order chi connectivity index (χ0) is 19.1. The second-order valence-electron chi connectivity index (χ2n) is 6.21. The SMILES string of the molecule is COc1cccc(CN(C)C(=O)C(CCO)Cc2ccc(Cl)c(Cl)c2)c1. The summed E-state index contributed by atoms with van der Waals surface area (Å²) in [7, 11) is 3.38. The molecule has 0 heterocycles. The molecule has 0 saturated heterocycles. The van der Waals surface area contributed by atoms with E-state index in [9.17, 15) is 9.90 Å². The molecule has 6 heteroatoms. The maximum absolute atomic E-state index is 12.9. The lowest BCUT2D eigenvalue weighted by Gasteiger charge is -2.24. The average Bonchev–Trinajstić information content (AvgIpc) is 2.63. The van der Waals surface area contributed by atoms with Crippen molar-refractivity contribution in [2.75, 3.05) is 20.8 Å². The summed E-state index contributed by atoms with van der Waals surface area (Å²) in [6, 6.07) is 13.0. The van der Waals surface area contributed by atoms with Crippen molar-refractivity contribution < 1.29 is 14.6 Å². The molecule has 0 bridgehead atoms. The summed E-state index contributed by atoms with van der Waals surface area (Å²) < 4.78 is 5.22. The summed E-state index contributed by atoms with van der Waals surface area (Å²) >= 11 is 12.0. The van der Waals surface area contributed by atoms with E-state index in [-0.39, 0.29) is 18.4 Å².